The van der Waals surface area contributed by atoms with Gasteiger partial charge in [0.25, 0.3) is 0 Å². The predicted molar refractivity (Wildman–Crippen MR) is 88.8 cm³/mol. The molecule has 0 bridgehead atoms. The number of ether oxygens (including phenoxy) is 2. The number of allylic oxidation sites excluding steroid dienone is 5. The number of nitrogens with zero attached hydrogens (tertiary/aromatic N) is 1. The Morgan fingerprint density at radius 2 is 1.88 bits per heavy atom. The number of carbonyl (C=O) groups is 3. The summed E-state index contributed by atoms with van der Waals surface area (Å²) >= 11 is 3.60. The first kappa shape index (κ1) is 17.0. The number of hydrogen-bond donors (Lipinski definition) is 0. The van der Waals surface area contributed by atoms with E-state index in [2.05, 4.69) is 15.9 Å². The molecule has 1 amide bonds. The van der Waals surface area contributed by atoms with Crippen LogP contribution in [0.2, 0.25) is 0 Å². The zero-order valence-electron chi connectivity index (χ0n) is 13.6. The zero-order chi connectivity index (χ0) is 17.6. The topological polar surface area (TPSA) is 72.9 Å². The maximum atomic E-state index is 12.9. The summed E-state index contributed by atoms with van der Waals surface area (Å²) in [5.74, 6) is -3.51. The number of esters is 2. The van der Waals surface area contributed by atoms with Gasteiger partial charge in [0.15, 0.2) is 5.41 Å². The lowest BCUT2D eigenvalue weighted by Crippen LogP contribution is -2.58. The van der Waals surface area contributed by atoms with E-state index in [1.165, 1.54) is 14.2 Å². The molecule has 0 aromatic rings. The minimum Gasteiger partial charge on any atom is -0.468 e. The van der Waals surface area contributed by atoms with Crippen LogP contribution in [-0.4, -0.2) is 50.6 Å². The second kappa shape index (κ2) is 5.88. The molecular weight excluding hydrogens is 378 g/mol. The molecule has 0 N–H and O–H groups in total. The smallest absolute Gasteiger partial charge is 0.325 e. The van der Waals surface area contributed by atoms with Crippen LogP contribution in [0.25, 0.3) is 0 Å². The van der Waals surface area contributed by atoms with Crippen LogP contribution in [-0.2, 0) is 23.9 Å². The summed E-state index contributed by atoms with van der Waals surface area (Å²) in [4.78, 5) is 40.1. The van der Waals surface area contributed by atoms with Crippen LogP contribution in [0, 0.1) is 23.2 Å². The van der Waals surface area contributed by atoms with Gasteiger partial charge in [-0.15, -0.1) is 0 Å². The van der Waals surface area contributed by atoms with Crippen molar-refractivity contribution in [1.82, 2.24) is 4.90 Å². The van der Waals surface area contributed by atoms with Crippen molar-refractivity contribution in [2.45, 2.75) is 0 Å². The van der Waals surface area contributed by atoms with E-state index < -0.39 is 29.2 Å². The minimum atomic E-state index is -1.72. The average molecular weight is 396 g/mol. The van der Waals surface area contributed by atoms with Gasteiger partial charge in [0.05, 0.1) is 20.1 Å². The van der Waals surface area contributed by atoms with Gasteiger partial charge in [-0.25, -0.2) is 0 Å². The van der Waals surface area contributed by atoms with E-state index in [4.69, 9.17) is 9.47 Å². The number of methoxy groups -OCH3 is 2. The van der Waals surface area contributed by atoms with Crippen molar-refractivity contribution < 1.29 is 23.9 Å². The normalized spacial score (nSPS) is 30.1. The van der Waals surface area contributed by atoms with Gasteiger partial charge < -0.3 is 14.4 Å². The fourth-order valence-corrected chi connectivity index (χ4v) is 4.93. The Morgan fingerprint density at radius 1 is 1.25 bits per heavy atom. The highest BCUT2D eigenvalue weighted by Gasteiger charge is 2.69. The van der Waals surface area contributed by atoms with Crippen LogP contribution in [0.4, 0.5) is 0 Å². The zero-order valence-corrected chi connectivity index (χ0v) is 15.2. The highest BCUT2D eigenvalue weighted by atomic mass is 79.9. The lowest BCUT2D eigenvalue weighted by atomic mass is 9.56. The molecule has 0 saturated carbocycles. The number of likely N-dealkylation sites (tertiary alicyclic amines) is 1. The third kappa shape index (κ3) is 1.97. The third-order valence-corrected chi connectivity index (χ3v) is 6.22. The van der Waals surface area contributed by atoms with E-state index in [9.17, 15) is 14.4 Å². The molecule has 3 aliphatic rings. The predicted octanol–water partition coefficient (Wildman–Crippen LogP) is 1.43. The number of fused-ring (bicyclic) bond motifs is 2. The van der Waals surface area contributed by atoms with Crippen molar-refractivity contribution in [2.24, 2.45) is 23.2 Å². The van der Waals surface area contributed by atoms with E-state index in [0.29, 0.717) is 6.54 Å². The summed E-state index contributed by atoms with van der Waals surface area (Å²) in [6, 6.07) is 0. The van der Waals surface area contributed by atoms with Gasteiger partial charge in [0, 0.05) is 29.9 Å². The van der Waals surface area contributed by atoms with Crippen molar-refractivity contribution in [2.75, 3.05) is 27.8 Å². The lowest BCUT2D eigenvalue weighted by molar-refractivity contribution is -0.180. The monoisotopic (exact) mass is 395 g/mol. The Balaban J connectivity index is 2.33. The maximum Gasteiger partial charge on any atom is 0.325 e. The number of carbonyl (C=O) groups excluding carboxylic acids is 3. The summed E-state index contributed by atoms with van der Waals surface area (Å²) < 4.78 is 10.8. The number of halogens is 1. The van der Waals surface area contributed by atoms with Crippen LogP contribution < -0.4 is 0 Å². The summed E-state index contributed by atoms with van der Waals surface area (Å²) in [5.41, 5.74) is -0.915. The number of amides is 1. The molecule has 7 heteroatoms. The maximum absolute atomic E-state index is 12.9. The molecule has 6 nitrogen and oxygen atoms in total. The Kier molecular flexibility index (Phi) is 4.15. The van der Waals surface area contributed by atoms with Crippen LogP contribution in [0.3, 0.4) is 0 Å². The lowest BCUT2D eigenvalue weighted by Gasteiger charge is -2.45. The Labute approximate surface area is 148 Å². The van der Waals surface area contributed by atoms with Gasteiger partial charge in [-0.3, -0.25) is 14.4 Å². The van der Waals surface area contributed by atoms with Gasteiger partial charge in [-0.05, 0) is 5.57 Å². The van der Waals surface area contributed by atoms with Gasteiger partial charge in [-0.2, -0.15) is 0 Å². The van der Waals surface area contributed by atoms with E-state index in [0.717, 1.165) is 10.1 Å². The van der Waals surface area contributed by atoms with E-state index in [-0.39, 0.29) is 11.8 Å². The first-order chi connectivity index (χ1) is 11.4. The molecule has 24 heavy (non-hydrogen) atoms. The molecule has 0 unspecified atom stereocenters. The summed E-state index contributed by atoms with van der Waals surface area (Å²) in [6.07, 6.45) is 7.21. The molecule has 2 aliphatic carbocycles. The van der Waals surface area contributed by atoms with Crippen molar-refractivity contribution in [3.05, 3.63) is 34.4 Å². The molecule has 1 aliphatic heterocycles. The molecule has 0 spiro atoms. The van der Waals surface area contributed by atoms with Gasteiger partial charge in [0.1, 0.15) is 0 Å². The SMILES string of the molecule is COC(=O)C1(C(=O)OC)[C@@H]2C=CC=CC2=C(Br)[C@@H]2CN(C)C(=O)[C@H]21. The van der Waals surface area contributed by atoms with E-state index >= 15 is 0 Å². The van der Waals surface area contributed by atoms with Gasteiger partial charge in [0.2, 0.25) is 5.91 Å². The highest BCUT2D eigenvalue weighted by Crippen LogP contribution is 2.57. The minimum absolute atomic E-state index is 0.255. The summed E-state index contributed by atoms with van der Waals surface area (Å²) in [6.45, 7) is 0.424. The molecule has 1 fully saturated rings. The van der Waals surface area contributed by atoms with Crippen molar-refractivity contribution in [3.63, 3.8) is 0 Å². The Morgan fingerprint density at radius 3 is 2.46 bits per heavy atom. The van der Waals surface area contributed by atoms with Crippen molar-refractivity contribution in [1.29, 1.82) is 0 Å². The molecule has 0 radical (unpaired) electrons. The molecule has 1 saturated heterocycles. The Hall–Kier alpha value is -1.89. The molecule has 0 aromatic carbocycles. The fraction of sp³-hybridized carbons (Fsp3) is 0.471. The molecule has 128 valence electrons. The first-order valence-corrected chi connectivity index (χ1v) is 8.36. The molecule has 0 aromatic heterocycles. The number of hydrogen-bond acceptors (Lipinski definition) is 5. The van der Waals surface area contributed by atoms with Gasteiger partial charge in [-0.1, -0.05) is 40.2 Å². The molecule has 1 heterocycles. The largest absolute Gasteiger partial charge is 0.468 e. The molecule has 3 rings (SSSR count). The van der Waals surface area contributed by atoms with E-state index in [1.807, 2.05) is 12.2 Å². The molecule has 3 atom stereocenters. The fourth-order valence-electron chi connectivity index (χ4n) is 4.14. The van der Waals surface area contributed by atoms with Crippen LogP contribution in [0.1, 0.15) is 0 Å². The Bertz CT molecular complexity index is 692. The second-order valence-electron chi connectivity index (χ2n) is 6.18. The van der Waals surface area contributed by atoms with Crippen LogP contribution in [0.15, 0.2) is 34.4 Å². The average Bonchev–Trinajstić information content (AvgIpc) is 2.91. The summed E-state index contributed by atoms with van der Waals surface area (Å²) in [7, 11) is 4.11. The van der Waals surface area contributed by atoms with Gasteiger partial charge >= 0.3 is 11.9 Å². The molecular formula is C17H18BrNO5. The van der Waals surface area contributed by atoms with E-state index in [1.54, 1.807) is 24.1 Å². The number of rotatable bonds is 2. The quantitative estimate of drug-likeness (QED) is 0.522. The standard InChI is InChI=1S/C17H18BrNO5/c1-19-8-10-12(14(19)20)17(15(21)23-2,16(22)24-3)11-7-5-4-6-9(11)13(10)18/h4-7,10-12H,8H2,1-3H3/t10-,11-,12+/m1/s1. The summed E-state index contributed by atoms with van der Waals surface area (Å²) in [5, 5.41) is 0. The highest BCUT2D eigenvalue weighted by molar-refractivity contribution is 9.11. The first-order valence-electron chi connectivity index (χ1n) is 7.57. The van der Waals surface area contributed by atoms with Crippen molar-refractivity contribution >= 4 is 33.8 Å². The second-order valence-corrected chi connectivity index (χ2v) is 7.03. The van der Waals surface area contributed by atoms with Crippen LogP contribution >= 0.6 is 15.9 Å². The van der Waals surface area contributed by atoms with Crippen LogP contribution in [0.5, 0.6) is 0 Å². The van der Waals surface area contributed by atoms with Crippen molar-refractivity contribution in [3.8, 4) is 0 Å². The third-order valence-electron chi connectivity index (χ3n) is 5.17.